The van der Waals surface area contributed by atoms with Crippen molar-refractivity contribution in [2.45, 2.75) is 76.7 Å². The van der Waals surface area contributed by atoms with E-state index in [1.54, 1.807) is 39.0 Å². The number of carbonyl (C=O) groups is 3. The first kappa shape index (κ1) is 24.5. The van der Waals surface area contributed by atoms with Crippen LogP contribution in [0.5, 0.6) is 0 Å². The average Bonchev–Trinajstić information content (AvgIpc) is 3.23. The summed E-state index contributed by atoms with van der Waals surface area (Å²) in [6.07, 6.45) is 4.07. The molecule has 1 aliphatic carbocycles. The molecule has 1 saturated heterocycles. The molecule has 0 radical (unpaired) electrons. The summed E-state index contributed by atoms with van der Waals surface area (Å²) < 4.78 is 15.3. The second-order valence-electron chi connectivity index (χ2n) is 10.2. The fourth-order valence-electron chi connectivity index (χ4n) is 4.29. The molecule has 3 amide bonds. The molecule has 1 unspecified atom stereocenters. The lowest BCUT2D eigenvalue weighted by Crippen LogP contribution is -2.54. The summed E-state index contributed by atoms with van der Waals surface area (Å²) in [7, 11) is 0. The van der Waals surface area contributed by atoms with Crippen LogP contribution >= 0.6 is 11.6 Å². The van der Waals surface area contributed by atoms with Crippen LogP contribution in [0.2, 0.25) is 5.02 Å². The van der Waals surface area contributed by atoms with Gasteiger partial charge in [-0.05, 0) is 63.6 Å². The van der Waals surface area contributed by atoms with E-state index in [4.69, 9.17) is 17.7 Å². The van der Waals surface area contributed by atoms with E-state index in [0.29, 0.717) is 42.8 Å². The number of likely N-dealkylation sites (tertiary alicyclic amines) is 1. The molecule has 2 heterocycles. The molecule has 1 aliphatic heterocycles. The SMILES string of the molecule is [2H]C1(C[C@H](NC(=O)OC(C)(C)C)C(=O)N2CCC[C@H]2C(=O)NC(c2cccc(Cl)c2)n2cncn2)CC1. The molecule has 1 aromatic heterocycles. The summed E-state index contributed by atoms with van der Waals surface area (Å²) in [5.41, 5.74) is -0.0283. The summed E-state index contributed by atoms with van der Waals surface area (Å²) in [5, 5.41) is 10.3. The van der Waals surface area contributed by atoms with Gasteiger partial charge in [-0.3, -0.25) is 9.59 Å². The van der Waals surface area contributed by atoms with E-state index < -0.39 is 35.8 Å². The normalized spacial score (nSPS) is 20.7. The maximum Gasteiger partial charge on any atom is 0.408 e. The van der Waals surface area contributed by atoms with E-state index in [9.17, 15) is 14.4 Å². The predicted molar refractivity (Wildman–Crippen MR) is 133 cm³/mol. The first-order valence-corrected chi connectivity index (χ1v) is 12.5. The largest absolute Gasteiger partial charge is 0.444 e. The van der Waals surface area contributed by atoms with Gasteiger partial charge in [0.1, 0.15) is 30.3 Å². The third-order valence-electron chi connectivity index (χ3n) is 6.07. The van der Waals surface area contributed by atoms with Crippen molar-refractivity contribution in [1.29, 1.82) is 0 Å². The standard InChI is InChI=1S/C25H33ClN6O4/c1-25(2,3)36-24(35)29-19(12-16-9-10-16)23(34)31-11-5-8-20(31)22(33)30-21(32-15-27-14-28-32)17-6-4-7-18(26)13-17/h4,6-7,13-16,19-21H,5,8-12H2,1-3H3,(H,29,35)(H,30,33)/t19-,20-,21?/m0/s1/i16D. The van der Waals surface area contributed by atoms with Crippen LogP contribution in [0.1, 0.15) is 66.0 Å². The lowest BCUT2D eigenvalue weighted by atomic mass is 10.1. The number of aromatic nitrogens is 3. The van der Waals surface area contributed by atoms with E-state index in [2.05, 4.69) is 20.7 Å². The van der Waals surface area contributed by atoms with E-state index in [0.717, 1.165) is 0 Å². The first-order chi connectivity index (χ1) is 17.4. The highest BCUT2D eigenvalue weighted by molar-refractivity contribution is 6.30. The third-order valence-corrected chi connectivity index (χ3v) is 6.30. The van der Waals surface area contributed by atoms with Crippen molar-refractivity contribution in [3.63, 3.8) is 0 Å². The van der Waals surface area contributed by atoms with Gasteiger partial charge in [-0.25, -0.2) is 14.5 Å². The van der Waals surface area contributed by atoms with Crippen LogP contribution in [0.4, 0.5) is 4.79 Å². The Hall–Kier alpha value is -3.14. The number of carbonyl (C=O) groups excluding carboxylic acids is 3. The molecule has 1 saturated carbocycles. The summed E-state index contributed by atoms with van der Waals surface area (Å²) in [6.45, 7) is 5.59. The topological polar surface area (TPSA) is 118 Å². The van der Waals surface area contributed by atoms with Crippen molar-refractivity contribution >= 4 is 29.5 Å². The van der Waals surface area contributed by atoms with Gasteiger partial charge >= 0.3 is 6.09 Å². The van der Waals surface area contributed by atoms with Gasteiger partial charge in [0.05, 0.1) is 0 Å². The monoisotopic (exact) mass is 517 g/mol. The average molecular weight is 518 g/mol. The van der Waals surface area contributed by atoms with Crippen LogP contribution in [0.3, 0.4) is 0 Å². The second kappa shape index (κ2) is 10.9. The van der Waals surface area contributed by atoms with Gasteiger partial charge in [-0.1, -0.05) is 36.6 Å². The van der Waals surface area contributed by atoms with E-state index >= 15 is 0 Å². The van der Waals surface area contributed by atoms with E-state index in [1.165, 1.54) is 22.2 Å². The van der Waals surface area contributed by atoms with Gasteiger partial charge in [-0.15, -0.1) is 0 Å². The van der Waals surface area contributed by atoms with E-state index in [-0.39, 0.29) is 18.2 Å². The molecule has 1 aromatic carbocycles. The molecular formula is C25H33ClN6O4. The number of nitrogens with zero attached hydrogens (tertiary/aromatic N) is 4. The number of hydrogen-bond acceptors (Lipinski definition) is 6. The van der Waals surface area contributed by atoms with Gasteiger partial charge in [0.15, 0.2) is 6.17 Å². The summed E-state index contributed by atoms with van der Waals surface area (Å²) in [5.74, 6) is -1.49. The number of amides is 3. The highest BCUT2D eigenvalue weighted by atomic mass is 35.5. The highest BCUT2D eigenvalue weighted by Crippen LogP contribution is 2.34. The zero-order valence-corrected chi connectivity index (χ0v) is 21.5. The van der Waals surface area contributed by atoms with Gasteiger partial charge in [-0.2, -0.15) is 5.10 Å². The van der Waals surface area contributed by atoms with Crippen LogP contribution in [-0.4, -0.2) is 61.8 Å². The molecule has 10 nitrogen and oxygen atoms in total. The highest BCUT2D eigenvalue weighted by Gasteiger charge is 2.40. The van der Waals surface area contributed by atoms with Crippen LogP contribution in [-0.2, 0) is 14.3 Å². The first-order valence-electron chi connectivity index (χ1n) is 12.6. The second-order valence-corrected chi connectivity index (χ2v) is 10.6. The Morgan fingerprint density at radius 1 is 1.25 bits per heavy atom. The van der Waals surface area contributed by atoms with Crippen molar-refractivity contribution in [2.24, 2.45) is 5.89 Å². The quantitative estimate of drug-likeness (QED) is 0.554. The van der Waals surface area contributed by atoms with E-state index in [1.807, 2.05) is 6.07 Å². The van der Waals surface area contributed by atoms with Crippen LogP contribution < -0.4 is 10.6 Å². The minimum absolute atomic E-state index is 0.167. The Morgan fingerprint density at radius 3 is 2.67 bits per heavy atom. The Bertz CT molecular complexity index is 1130. The molecule has 0 spiro atoms. The molecule has 36 heavy (non-hydrogen) atoms. The third kappa shape index (κ3) is 6.75. The molecule has 3 atom stereocenters. The van der Waals surface area contributed by atoms with Crippen molar-refractivity contribution < 1.29 is 20.5 Å². The molecule has 4 rings (SSSR count). The van der Waals surface area contributed by atoms with Gasteiger partial charge in [0.25, 0.3) is 0 Å². The fraction of sp³-hybridized carbons (Fsp3) is 0.560. The Balaban J connectivity index is 1.51. The Labute approximate surface area is 217 Å². The predicted octanol–water partition coefficient (Wildman–Crippen LogP) is 3.28. The van der Waals surface area contributed by atoms with Crippen molar-refractivity contribution in [2.75, 3.05) is 6.54 Å². The zero-order chi connectivity index (χ0) is 26.8. The fourth-order valence-corrected chi connectivity index (χ4v) is 4.49. The number of ether oxygens (including phenoxy) is 1. The van der Waals surface area contributed by atoms with Gasteiger partial charge in [0, 0.05) is 12.9 Å². The number of benzene rings is 1. The van der Waals surface area contributed by atoms with Crippen LogP contribution in [0, 0.1) is 5.89 Å². The zero-order valence-electron chi connectivity index (χ0n) is 21.7. The minimum atomic E-state index is -0.956. The number of nitrogens with one attached hydrogen (secondary N) is 2. The molecule has 2 aliphatic rings. The molecule has 0 bridgehead atoms. The van der Waals surface area contributed by atoms with Crippen LogP contribution in [0.25, 0.3) is 0 Å². The summed E-state index contributed by atoms with van der Waals surface area (Å²) in [6, 6.07) is 5.37. The van der Waals surface area contributed by atoms with Crippen molar-refractivity contribution in [3.8, 4) is 0 Å². The lowest BCUT2D eigenvalue weighted by molar-refractivity contribution is -0.140. The molecule has 2 N–H and O–H groups in total. The number of hydrogen-bond donors (Lipinski definition) is 2. The Morgan fingerprint density at radius 2 is 2.03 bits per heavy atom. The van der Waals surface area contributed by atoms with Crippen molar-refractivity contribution in [1.82, 2.24) is 30.3 Å². The van der Waals surface area contributed by atoms with Crippen LogP contribution in [0.15, 0.2) is 36.9 Å². The molecule has 11 heteroatoms. The molecule has 2 aromatic rings. The van der Waals surface area contributed by atoms with Crippen molar-refractivity contribution in [3.05, 3.63) is 47.5 Å². The molecule has 2 fully saturated rings. The maximum absolute atomic E-state index is 13.6. The minimum Gasteiger partial charge on any atom is -0.444 e. The summed E-state index contributed by atoms with van der Waals surface area (Å²) >= 11 is 6.18. The maximum atomic E-state index is 13.6. The molecular weight excluding hydrogens is 484 g/mol. The van der Waals surface area contributed by atoms with Gasteiger partial charge in [0.2, 0.25) is 11.8 Å². The number of halogens is 1. The number of alkyl carbamates (subject to hydrolysis) is 1. The summed E-state index contributed by atoms with van der Waals surface area (Å²) in [4.78, 5) is 45.1. The lowest BCUT2D eigenvalue weighted by Gasteiger charge is -2.30. The molecule has 194 valence electrons. The number of rotatable bonds is 8. The van der Waals surface area contributed by atoms with Gasteiger partial charge < -0.3 is 20.3 Å². The Kier molecular flexibility index (Phi) is 7.41. The smallest absolute Gasteiger partial charge is 0.408 e.